The van der Waals surface area contributed by atoms with Gasteiger partial charge in [0.2, 0.25) is 0 Å². The van der Waals surface area contributed by atoms with Gasteiger partial charge in [0.15, 0.2) is 0 Å². The zero-order valence-corrected chi connectivity index (χ0v) is 13.9. The molecular weight excluding hydrogens is 292 g/mol. The zero-order chi connectivity index (χ0) is 15.1. The van der Waals surface area contributed by atoms with Crippen LogP contribution in [0.2, 0.25) is 0 Å². The number of hydrogen-bond acceptors (Lipinski definition) is 6. The maximum absolute atomic E-state index is 11.8. The van der Waals surface area contributed by atoms with E-state index in [4.69, 9.17) is 4.74 Å². The molecule has 0 fully saturated rings. The van der Waals surface area contributed by atoms with Crippen LogP contribution in [0.5, 0.6) is 0 Å². The van der Waals surface area contributed by atoms with Crippen molar-refractivity contribution in [1.82, 2.24) is 4.90 Å². The van der Waals surface area contributed by atoms with E-state index in [9.17, 15) is 4.79 Å². The first kappa shape index (κ1) is 17.2. The van der Waals surface area contributed by atoms with Crippen molar-refractivity contribution >= 4 is 36.9 Å². The molecule has 1 rings (SSSR count). The van der Waals surface area contributed by atoms with Gasteiger partial charge in [-0.05, 0) is 37.7 Å². The summed E-state index contributed by atoms with van der Waals surface area (Å²) in [6.45, 7) is 1.18. The van der Waals surface area contributed by atoms with Crippen LogP contribution in [0.3, 0.4) is 0 Å². The Bertz CT molecular complexity index is 422. The third kappa shape index (κ3) is 5.64. The van der Waals surface area contributed by atoms with Crippen molar-refractivity contribution in [1.29, 1.82) is 0 Å². The topological polar surface area (TPSA) is 32.8 Å². The second kappa shape index (κ2) is 8.44. The fourth-order valence-electron chi connectivity index (χ4n) is 1.57. The number of carbonyl (C=O) groups excluding carboxylic acids is 1. The van der Waals surface area contributed by atoms with Gasteiger partial charge in [-0.15, -0.1) is 25.3 Å². The monoisotopic (exact) mass is 314 g/mol. The van der Waals surface area contributed by atoms with Crippen LogP contribution in [0.1, 0.15) is 16.8 Å². The molecule has 0 aliphatic rings. The van der Waals surface area contributed by atoms with Crippen LogP contribution in [0.4, 0.5) is 5.69 Å². The highest BCUT2D eigenvalue weighted by molar-refractivity contribution is 7.99. The second-order valence-corrected chi connectivity index (χ2v) is 6.14. The molecule has 0 bridgehead atoms. The van der Waals surface area contributed by atoms with Crippen LogP contribution in [0.25, 0.3) is 0 Å². The number of nitrogens with zero attached hydrogens (tertiary/aromatic N) is 2. The van der Waals surface area contributed by atoms with Gasteiger partial charge in [0, 0.05) is 26.3 Å². The van der Waals surface area contributed by atoms with Gasteiger partial charge in [-0.1, -0.05) is 0 Å². The minimum Gasteiger partial charge on any atom is -0.462 e. The molecule has 1 aromatic rings. The van der Waals surface area contributed by atoms with Crippen molar-refractivity contribution < 1.29 is 9.53 Å². The first-order chi connectivity index (χ1) is 9.41. The lowest BCUT2D eigenvalue weighted by Gasteiger charge is -2.18. The molecule has 0 saturated heterocycles. The number of thiol groups is 2. The van der Waals surface area contributed by atoms with Gasteiger partial charge in [-0.25, -0.2) is 4.79 Å². The molecule has 0 spiro atoms. The summed E-state index contributed by atoms with van der Waals surface area (Å²) >= 11 is 8.39. The van der Waals surface area contributed by atoms with Crippen molar-refractivity contribution in [3.8, 4) is 0 Å². The lowest BCUT2D eigenvalue weighted by Crippen LogP contribution is -2.25. The Morgan fingerprint density at radius 3 is 2.30 bits per heavy atom. The Morgan fingerprint density at radius 2 is 1.80 bits per heavy atom. The molecule has 0 atom stereocenters. The fraction of sp³-hybridized carbons (Fsp3) is 0.500. The van der Waals surface area contributed by atoms with Gasteiger partial charge < -0.3 is 9.64 Å². The molecule has 0 unspecified atom stereocenters. The zero-order valence-electron chi connectivity index (χ0n) is 12.1. The molecule has 0 aliphatic heterocycles. The van der Waals surface area contributed by atoms with E-state index in [1.54, 1.807) is 12.1 Å². The van der Waals surface area contributed by atoms with E-state index in [1.807, 2.05) is 43.1 Å². The number of esters is 1. The summed E-state index contributed by atoms with van der Waals surface area (Å²) in [5.74, 6) is -0.286. The standard InChI is InChI=1S/C14H22N2O2S2/c1-15(2)12-7-5-11(6-8-12)13(17)18-10-4-9-16(3)14(19)20/h5-8,14,19-20H,4,9-10H2,1-3H3. The highest BCUT2D eigenvalue weighted by Crippen LogP contribution is 2.13. The molecule has 0 radical (unpaired) electrons. The summed E-state index contributed by atoms with van der Waals surface area (Å²) in [4.78, 5) is 15.8. The van der Waals surface area contributed by atoms with E-state index in [0.717, 1.165) is 18.7 Å². The SMILES string of the molecule is CN(C)c1ccc(C(=O)OCCCN(C)C(S)S)cc1. The third-order valence-corrected chi connectivity index (χ3v) is 3.69. The normalized spacial score (nSPS) is 10.9. The number of rotatable bonds is 7. The average molecular weight is 314 g/mol. The third-order valence-electron chi connectivity index (χ3n) is 2.90. The van der Waals surface area contributed by atoms with E-state index in [-0.39, 0.29) is 10.7 Å². The van der Waals surface area contributed by atoms with E-state index in [0.29, 0.717) is 12.2 Å². The maximum Gasteiger partial charge on any atom is 0.338 e. The fourth-order valence-corrected chi connectivity index (χ4v) is 1.80. The Morgan fingerprint density at radius 1 is 1.20 bits per heavy atom. The van der Waals surface area contributed by atoms with E-state index < -0.39 is 0 Å². The molecule has 0 heterocycles. The van der Waals surface area contributed by atoms with Gasteiger partial charge in [0.1, 0.15) is 0 Å². The van der Waals surface area contributed by atoms with Crippen molar-refractivity contribution in [2.45, 2.75) is 11.1 Å². The minimum absolute atomic E-state index is 0.0933. The largest absolute Gasteiger partial charge is 0.462 e. The van der Waals surface area contributed by atoms with Gasteiger partial charge in [0.05, 0.1) is 16.9 Å². The molecule has 0 aliphatic carbocycles. The predicted octanol–water partition coefficient (Wildman–Crippen LogP) is 2.37. The number of carbonyl (C=O) groups is 1. The van der Waals surface area contributed by atoms with E-state index >= 15 is 0 Å². The number of hydrogen-bond donors (Lipinski definition) is 2. The molecule has 1 aromatic carbocycles. The minimum atomic E-state index is -0.286. The van der Waals surface area contributed by atoms with Crippen LogP contribution in [0.15, 0.2) is 24.3 Å². The molecule has 4 nitrogen and oxygen atoms in total. The Hall–Kier alpha value is -0.850. The predicted molar refractivity (Wildman–Crippen MR) is 90.1 cm³/mol. The first-order valence-corrected chi connectivity index (χ1v) is 7.46. The van der Waals surface area contributed by atoms with Crippen LogP contribution in [-0.4, -0.2) is 49.9 Å². The van der Waals surface area contributed by atoms with Crippen LogP contribution < -0.4 is 4.90 Å². The van der Waals surface area contributed by atoms with Gasteiger partial charge in [0.25, 0.3) is 0 Å². The Balaban J connectivity index is 2.36. The van der Waals surface area contributed by atoms with Crippen molar-refractivity contribution in [2.75, 3.05) is 39.2 Å². The summed E-state index contributed by atoms with van der Waals surface area (Å²) in [7, 11) is 5.84. The molecule has 0 aromatic heterocycles. The smallest absolute Gasteiger partial charge is 0.338 e. The summed E-state index contributed by atoms with van der Waals surface area (Å²) in [6, 6.07) is 7.36. The lowest BCUT2D eigenvalue weighted by molar-refractivity contribution is 0.0492. The van der Waals surface area contributed by atoms with Gasteiger partial charge >= 0.3 is 5.97 Å². The average Bonchev–Trinajstić information content (AvgIpc) is 2.43. The summed E-state index contributed by atoms with van der Waals surface area (Å²) in [6.07, 6.45) is 0.760. The molecule has 0 saturated carbocycles. The highest BCUT2D eigenvalue weighted by Gasteiger charge is 2.08. The van der Waals surface area contributed by atoms with Gasteiger partial charge in [-0.3, -0.25) is 4.90 Å². The number of ether oxygens (including phenoxy) is 1. The Kier molecular flexibility index (Phi) is 7.26. The van der Waals surface area contributed by atoms with E-state index in [1.165, 1.54) is 0 Å². The van der Waals surface area contributed by atoms with E-state index in [2.05, 4.69) is 25.3 Å². The van der Waals surface area contributed by atoms with Crippen LogP contribution in [-0.2, 0) is 4.74 Å². The summed E-state index contributed by atoms with van der Waals surface area (Å²) in [5.41, 5.74) is 1.63. The van der Waals surface area contributed by atoms with Crippen LogP contribution >= 0.6 is 25.3 Å². The molecule has 0 N–H and O–H groups in total. The quantitative estimate of drug-likeness (QED) is 0.350. The first-order valence-electron chi connectivity index (χ1n) is 6.42. The van der Waals surface area contributed by atoms with Crippen molar-refractivity contribution in [2.24, 2.45) is 0 Å². The maximum atomic E-state index is 11.8. The molecule has 0 amide bonds. The summed E-state index contributed by atoms with van der Waals surface area (Å²) in [5, 5.41) is 0. The van der Waals surface area contributed by atoms with Crippen molar-refractivity contribution in [3.63, 3.8) is 0 Å². The Labute approximate surface area is 131 Å². The molecular formula is C14H22N2O2S2. The summed E-state index contributed by atoms with van der Waals surface area (Å²) < 4.78 is 5.14. The number of anilines is 1. The highest BCUT2D eigenvalue weighted by atomic mass is 32.2. The van der Waals surface area contributed by atoms with Gasteiger partial charge in [-0.2, -0.15) is 0 Å². The molecule has 6 heteroatoms. The van der Waals surface area contributed by atoms with Crippen molar-refractivity contribution in [3.05, 3.63) is 29.8 Å². The second-order valence-electron chi connectivity index (χ2n) is 4.76. The molecule has 20 heavy (non-hydrogen) atoms. The lowest BCUT2D eigenvalue weighted by atomic mass is 10.2. The van der Waals surface area contributed by atoms with Crippen LogP contribution in [0, 0.1) is 0 Å². The number of benzene rings is 1. The molecule has 112 valence electrons.